The highest BCUT2D eigenvalue weighted by atomic mass is 16.5. The van der Waals surface area contributed by atoms with E-state index in [0.29, 0.717) is 30.4 Å². The minimum atomic E-state index is 0.424. The van der Waals surface area contributed by atoms with E-state index in [1.807, 2.05) is 22.9 Å². The molecular weight excluding hydrogens is 270 g/mol. The maximum absolute atomic E-state index is 5.82. The Morgan fingerprint density at radius 3 is 2.43 bits per heavy atom. The molecule has 1 heterocycles. The van der Waals surface area contributed by atoms with Gasteiger partial charge in [0.05, 0.1) is 27.2 Å². The smallest absolute Gasteiger partial charge is 0.203 e. The third-order valence-electron chi connectivity index (χ3n) is 3.12. The fraction of sp³-hybridized carbons (Fsp3) is 0.400. The van der Waals surface area contributed by atoms with Crippen molar-refractivity contribution in [2.75, 3.05) is 20.8 Å². The Morgan fingerprint density at radius 1 is 1.19 bits per heavy atom. The van der Waals surface area contributed by atoms with Gasteiger partial charge in [-0.3, -0.25) is 0 Å². The van der Waals surface area contributed by atoms with E-state index in [1.165, 1.54) is 0 Å². The fourth-order valence-corrected chi connectivity index (χ4v) is 2.03. The van der Waals surface area contributed by atoms with Crippen LogP contribution in [-0.2, 0) is 13.1 Å². The van der Waals surface area contributed by atoms with Crippen LogP contribution in [0.4, 0.5) is 0 Å². The zero-order valence-corrected chi connectivity index (χ0v) is 12.4. The van der Waals surface area contributed by atoms with Crippen molar-refractivity contribution in [1.29, 1.82) is 0 Å². The summed E-state index contributed by atoms with van der Waals surface area (Å²) < 4.78 is 18.5. The number of hydrogen-bond donors (Lipinski definition) is 1. The summed E-state index contributed by atoms with van der Waals surface area (Å²) >= 11 is 0. The van der Waals surface area contributed by atoms with Gasteiger partial charge in [-0.05, 0) is 24.1 Å². The molecule has 0 radical (unpaired) electrons. The summed E-state index contributed by atoms with van der Waals surface area (Å²) in [4.78, 5) is 4.00. The van der Waals surface area contributed by atoms with Gasteiger partial charge < -0.3 is 24.5 Å². The number of nitrogens with zero attached hydrogens (tertiary/aromatic N) is 2. The third kappa shape index (κ3) is 3.88. The van der Waals surface area contributed by atoms with E-state index in [0.717, 1.165) is 18.5 Å². The highest BCUT2D eigenvalue weighted by molar-refractivity contribution is 5.53. The maximum atomic E-state index is 5.82. The molecule has 0 bridgehead atoms. The lowest BCUT2D eigenvalue weighted by Crippen LogP contribution is -2.06. The lowest BCUT2D eigenvalue weighted by atomic mass is 10.2. The lowest BCUT2D eigenvalue weighted by molar-refractivity contribution is 0.265. The first-order valence-corrected chi connectivity index (χ1v) is 6.82. The largest absolute Gasteiger partial charge is 0.493 e. The van der Waals surface area contributed by atoms with Crippen molar-refractivity contribution in [3.8, 4) is 17.2 Å². The highest BCUT2D eigenvalue weighted by Gasteiger charge is 2.13. The summed E-state index contributed by atoms with van der Waals surface area (Å²) in [5, 5.41) is 0. The van der Waals surface area contributed by atoms with Gasteiger partial charge in [-0.2, -0.15) is 0 Å². The number of methoxy groups -OCH3 is 2. The van der Waals surface area contributed by atoms with Crippen molar-refractivity contribution in [1.82, 2.24) is 9.55 Å². The topological polar surface area (TPSA) is 71.5 Å². The van der Waals surface area contributed by atoms with E-state index in [1.54, 1.807) is 26.7 Å². The molecule has 0 spiro atoms. The standard InChI is InChI=1S/C15H21N3O3/c1-19-13-8-12(10-16)9-14(20-2)15(13)21-7-3-5-18-6-4-17-11-18/h4,6,8-9,11H,3,5,7,10,16H2,1-2H3. The molecule has 21 heavy (non-hydrogen) atoms. The second kappa shape index (κ2) is 7.54. The first-order chi connectivity index (χ1) is 10.3. The van der Waals surface area contributed by atoms with Crippen LogP contribution in [0.5, 0.6) is 17.2 Å². The molecule has 0 amide bonds. The summed E-state index contributed by atoms with van der Waals surface area (Å²) in [5.41, 5.74) is 6.60. The number of aromatic nitrogens is 2. The molecule has 0 saturated heterocycles. The van der Waals surface area contributed by atoms with Crippen LogP contribution in [0.2, 0.25) is 0 Å². The quantitative estimate of drug-likeness (QED) is 0.751. The van der Waals surface area contributed by atoms with Crippen molar-refractivity contribution in [3.05, 3.63) is 36.4 Å². The number of ether oxygens (including phenoxy) is 3. The first-order valence-electron chi connectivity index (χ1n) is 6.82. The van der Waals surface area contributed by atoms with Crippen LogP contribution in [0.15, 0.2) is 30.9 Å². The Morgan fingerprint density at radius 2 is 1.90 bits per heavy atom. The van der Waals surface area contributed by atoms with E-state index >= 15 is 0 Å². The van der Waals surface area contributed by atoms with Gasteiger partial charge in [0.2, 0.25) is 5.75 Å². The van der Waals surface area contributed by atoms with Gasteiger partial charge in [-0.25, -0.2) is 4.98 Å². The van der Waals surface area contributed by atoms with Gasteiger partial charge in [-0.15, -0.1) is 0 Å². The molecule has 0 atom stereocenters. The predicted molar refractivity (Wildman–Crippen MR) is 79.8 cm³/mol. The molecule has 6 heteroatoms. The van der Waals surface area contributed by atoms with E-state index in [2.05, 4.69) is 4.98 Å². The predicted octanol–water partition coefficient (Wildman–Crippen LogP) is 1.83. The molecule has 0 unspecified atom stereocenters. The van der Waals surface area contributed by atoms with Crippen LogP contribution in [-0.4, -0.2) is 30.4 Å². The molecule has 0 aliphatic rings. The van der Waals surface area contributed by atoms with Crippen LogP contribution in [0.3, 0.4) is 0 Å². The van der Waals surface area contributed by atoms with Gasteiger partial charge in [-0.1, -0.05) is 0 Å². The van der Waals surface area contributed by atoms with Crippen molar-refractivity contribution in [2.45, 2.75) is 19.5 Å². The molecule has 0 fully saturated rings. The minimum absolute atomic E-state index is 0.424. The van der Waals surface area contributed by atoms with Crippen molar-refractivity contribution in [3.63, 3.8) is 0 Å². The molecule has 0 saturated carbocycles. The number of nitrogens with two attached hydrogens (primary N) is 1. The fourth-order valence-electron chi connectivity index (χ4n) is 2.03. The summed E-state index contributed by atoms with van der Waals surface area (Å²) in [7, 11) is 3.21. The molecule has 0 aliphatic heterocycles. The number of aryl methyl sites for hydroxylation is 1. The Kier molecular flexibility index (Phi) is 5.45. The minimum Gasteiger partial charge on any atom is -0.493 e. The second-order valence-corrected chi connectivity index (χ2v) is 4.54. The normalized spacial score (nSPS) is 10.4. The van der Waals surface area contributed by atoms with E-state index < -0.39 is 0 Å². The van der Waals surface area contributed by atoms with Gasteiger partial charge in [0.25, 0.3) is 0 Å². The van der Waals surface area contributed by atoms with E-state index in [9.17, 15) is 0 Å². The summed E-state index contributed by atoms with van der Waals surface area (Å²) in [6, 6.07) is 3.74. The molecule has 1 aromatic carbocycles. The zero-order chi connectivity index (χ0) is 15.1. The first kappa shape index (κ1) is 15.2. The Bertz CT molecular complexity index is 530. The molecule has 1 aromatic heterocycles. The average Bonchev–Trinajstić information content (AvgIpc) is 3.04. The Balaban J connectivity index is 2.00. The molecule has 0 aliphatic carbocycles. The molecule has 114 valence electrons. The van der Waals surface area contributed by atoms with E-state index in [-0.39, 0.29) is 0 Å². The third-order valence-corrected chi connectivity index (χ3v) is 3.12. The molecule has 2 aromatic rings. The second-order valence-electron chi connectivity index (χ2n) is 4.54. The Hall–Kier alpha value is -2.21. The molecule has 6 nitrogen and oxygen atoms in total. The number of imidazole rings is 1. The zero-order valence-electron chi connectivity index (χ0n) is 12.4. The van der Waals surface area contributed by atoms with Gasteiger partial charge in [0.1, 0.15) is 0 Å². The van der Waals surface area contributed by atoms with Crippen molar-refractivity contribution >= 4 is 0 Å². The van der Waals surface area contributed by atoms with Crippen molar-refractivity contribution < 1.29 is 14.2 Å². The Labute approximate surface area is 124 Å². The number of benzene rings is 1. The SMILES string of the molecule is COc1cc(CN)cc(OC)c1OCCCn1ccnc1. The average molecular weight is 291 g/mol. The van der Waals surface area contributed by atoms with Gasteiger partial charge in [0.15, 0.2) is 11.5 Å². The lowest BCUT2D eigenvalue weighted by Gasteiger charge is -2.15. The van der Waals surface area contributed by atoms with Gasteiger partial charge in [0, 0.05) is 25.5 Å². The monoisotopic (exact) mass is 291 g/mol. The summed E-state index contributed by atoms with van der Waals surface area (Å²) in [6.45, 7) is 1.84. The maximum Gasteiger partial charge on any atom is 0.203 e. The number of rotatable bonds is 8. The summed E-state index contributed by atoms with van der Waals surface area (Å²) in [5.74, 6) is 1.89. The van der Waals surface area contributed by atoms with Gasteiger partial charge >= 0.3 is 0 Å². The van der Waals surface area contributed by atoms with Crippen LogP contribution < -0.4 is 19.9 Å². The van der Waals surface area contributed by atoms with Crippen LogP contribution >= 0.6 is 0 Å². The summed E-state index contributed by atoms with van der Waals surface area (Å²) in [6.07, 6.45) is 6.34. The van der Waals surface area contributed by atoms with Crippen molar-refractivity contribution in [2.24, 2.45) is 5.73 Å². The van der Waals surface area contributed by atoms with Crippen LogP contribution in [0.1, 0.15) is 12.0 Å². The van der Waals surface area contributed by atoms with E-state index in [4.69, 9.17) is 19.9 Å². The van der Waals surface area contributed by atoms with Crippen LogP contribution in [0.25, 0.3) is 0 Å². The van der Waals surface area contributed by atoms with Crippen LogP contribution in [0, 0.1) is 0 Å². The molecule has 2 rings (SSSR count). The number of hydrogen-bond acceptors (Lipinski definition) is 5. The molecule has 2 N–H and O–H groups in total. The highest BCUT2D eigenvalue weighted by Crippen LogP contribution is 2.38. The molecular formula is C15H21N3O3.